The Balaban J connectivity index is 2.42. The van der Waals surface area contributed by atoms with Crippen LogP contribution in [0.2, 0.25) is 0 Å². The van der Waals surface area contributed by atoms with Crippen LogP contribution in [0, 0.1) is 0 Å². The lowest BCUT2D eigenvalue weighted by atomic mass is 9.98. The number of anilines is 1. The van der Waals surface area contributed by atoms with Crippen molar-refractivity contribution in [1.82, 2.24) is 0 Å². The van der Waals surface area contributed by atoms with Gasteiger partial charge in [-0.25, -0.2) is 4.79 Å². The van der Waals surface area contributed by atoms with Gasteiger partial charge in [-0.15, -0.1) is 0 Å². The number of amides is 1. The molecule has 108 valence electrons. The maximum atomic E-state index is 12.1. The summed E-state index contributed by atoms with van der Waals surface area (Å²) in [7, 11) is 0. The van der Waals surface area contributed by atoms with E-state index in [1.165, 1.54) is 0 Å². The second kappa shape index (κ2) is 6.55. The molecular weight excluding hydrogens is 254 g/mol. The van der Waals surface area contributed by atoms with Crippen molar-refractivity contribution in [2.45, 2.75) is 39.5 Å². The van der Waals surface area contributed by atoms with Crippen molar-refractivity contribution < 1.29 is 14.3 Å². The highest BCUT2D eigenvalue weighted by molar-refractivity contribution is 5.97. The van der Waals surface area contributed by atoms with Gasteiger partial charge in [0.05, 0.1) is 12.3 Å². The van der Waals surface area contributed by atoms with Gasteiger partial charge in [0.25, 0.3) is 0 Å². The van der Waals surface area contributed by atoms with Gasteiger partial charge in [-0.05, 0) is 44.7 Å². The number of fused-ring (bicyclic) bond motifs is 1. The Bertz CT molecular complexity index is 510. The molecule has 1 heterocycles. The summed E-state index contributed by atoms with van der Waals surface area (Å²) in [5.41, 5.74) is 2.58. The summed E-state index contributed by atoms with van der Waals surface area (Å²) >= 11 is 0. The van der Waals surface area contributed by atoms with Gasteiger partial charge >= 0.3 is 6.09 Å². The number of carbonyl (C=O) groups is 2. The zero-order valence-electron chi connectivity index (χ0n) is 12.1. The maximum absolute atomic E-state index is 12.1. The van der Waals surface area contributed by atoms with Crippen molar-refractivity contribution in [2.24, 2.45) is 0 Å². The van der Waals surface area contributed by atoms with Crippen molar-refractivity contribution in [3.05, 3.63) is 29.3 Å². The van der Waals surface area contributed by atoms with E-state index in [4.69, 9.17) is 4.74 Å². The first-order valence-corrected chi connectivity index (χ1v) is 7.21. The van der Waals surface area contributed by atoms with Crippen LogP contribution in [-0.4, -0.2) is 25.0 Å². The molecule has 0 spiro atoms. The molecule has 0 aromatic heterocycles. The molecule has 1 aromatic carbocycles. The van der Waals surface area contributed by atoms with Crippen LogP contribution in [0.4, 0.5) is 10.5 Å². The monoisotopic (exact) mass is 275 g/mol. The molecule has 2 rings (SSSR count). The van der Waals surface area contributed by atoms with Gasteiger partial charge in [0.2, 0.25) is 0 Å². The molecule has 1 aromatic rings. The van der Waals surface area contributed by atoms with Crippen LogP contribution in [0.25, 0.3) is 0 Å². The zero-order valence-corrected chi connectivity index (χ0v) is 12.1. The molecule has 0 radical (unpaired) electrons. The third-order valence-corrected chi connectivity index (χ3v) is 3.60. The molecule has 20 heavy (non-hydrogen) atoms. The molecule has 0 fully saturated rings. The summed E-state index contributed by atoms with van der Waals surface area (Å²) in [6, 6.07) is 5.62. The van der Waals surface area contributed by atoms with Crippen LogP contribution in [-0.2, 0) is 11.2 Å². The smallest absolute Gasteiger partial charge is 0.414 e. The highest BCUT2D eigenvalue weighted by Crippen LogP contribution is 2.28. The Morgan fingerprint density at radius 1 is 1.25 bits per heavy atom. The largest absolute Gasteiger partial charge is 0.449 e. The van der Waals surface area contributed by atoms with E-state index >= 15 is 0 Å². The van der Waals surface area contributed by atoms with Gasteiger partial charge in [-0.3, -0.25) is 9.69 Å². The quantitative estimate of drug-likeness (QED) is 0.775. The summed E-state index contributed by atoms with van der Waals surface area (Å²) in [6.45, 7) is 4.35. The highest BCUT2D eigenvalue weighted by Gasteiger charge is 2.22. The molecule has 0 bridgehead atoms. The fourth-order valence-corrected chi connectivity index (χ4v) is 2.52. The highest BCUT2D eigenvalue weighted by atomic mass is 16.6. The van der Waals surface area contributed by atoms with Crippen LogP contribution in [0.1, 0.15) is 49.0 Å². The minimum atomic E-state index is -0.323. The molecule has 1 aliphatic heterocycles. The normalized spacial score (nSPS) is 15.0. The van der Waals surface area contributed by atoms with E-state index in [0.29, 0.717) is 18.7 Å². The number of ketones is 1. The van der Waals surface area contributed by atoms with Gasteiger partial charge in [0, 0.05) is 12.1 Å². The zero-order chi connectivity index (χ0) is 14.5. The van der Waals surface area contributed by atoms with E-state index < -0.39 is 0 Å². The summed E-state index contributed by atoms with van der Waals surface area (Å²) in [5.74, 6) is 0.0127. The van der Waals surface area contributed by atoms with Gasteiger partial charge in [0.1, 0.15) is 0 Å². The van der Waals surface area contributed by atoms with E-state index in [-0.39, 0.29) is 11.9 Å². The molecule has 0 atom stereocenters. The second-order valence-corrected chi connectivity index (χ2v) is 5.06. The number of nitrogens with zero attached hydrogens (tertiary/aromatic N) is 1. The summed E-state index contributed by atoms with van der Waals surface area (Å²) in [5, 5.41) is 0. The lowest BCUT2D eigenvalue weighted by Crippen LogP contribution is -2.34. The Morgan fingerprint density at radius 2 is 2.05 bits per heavy atom. The molecule has 1 amide bonds. The number of benzene rings is 1. The number of hydrogen-bond donors (Lipinski definition) is 0. The van der Waals surface area contributed by atoms with Crippen LogP contribution in [0.15, 0.2) is 18.2 Å². The molecule has 0 saturated carbocycles. The first kappa shape index (κ1) is 14.6. The van der Waals surface area contributed by atoms with E-state index in [9.17, 15) is 9.59 Å². The molecule has 0 N–H and O–H groups in total. The third kappa shape index (κ3) is 3.18. The standard InChI is InChI=1S/C16H21NO3/c1-3-20-16(19)17-10-6-4-5-7-13-8-9-14(12(2)18)11-15(13)17/h8-9,11H,3-7,10H2,1-2H3. The van der Waals surface area contributed by atoms with Crippen LogP contribution in [0.5, 0.6) is 0 Å². The number of Topliss-reactive ketones (excluding diaryl/α,β-unsaturated/α-hetero) is 1. The van der Waals surface area contributed by atoms with E-state index in [0.717, 1.165) is 36.9 Å². The lowest BCUT2D eigenvalue weighted by Gasteiger charge is -2.27. The van der Waals surface area contributed by atoms with Gasteiger partial charge in [-0.1, -0.05) is 18.6 Å². The third-order valence-electron chi connectivity index (χ3n) is 3.60. The van der Waals surface area contributed by atoms with Gasteiger partial charge in [0.15, 0.2) is 5.78 Å². The molecule has 0 unspecified atom stereocenters. The fraction of sp³-hybridized carbons (Fsp3) is 0.500. The Labute approximate surface area is 119 Å². The molecule has 4 heteroatoms. The SMILES string of the molecule is CCOC(=O)N1CCCCCc2ccc(C(C)=O)cc21. The van der Waals surface area contributed by atoms with Crippen molar-refractivity contribution in [1.29, 1.82) is 0 Å². The Kier molecular flexibility index (Phi) is 4.77. The predicted octanol–water partition coefficient (Wildman–Crippen LogP) is 3.58. The molecule has 0 saturated heterocycles. The topological polar surface area (TPSA) is 46.6 Å². The average Bonchev–Trinajstić information content (AvgIpc) is 2.39. The summed E-state index contributed by atoms with van der Waals surface area (Å²) in [4.78, 5) is 25.3. The minimum absolute atomic E-state index is 0.0127. The fourth-order valence-electron chi connectivity index (χ4n) is 2.52. The number of ether oxygens (including phenoxy) is 1. The number of aryl methyl sites for hydroxylation is 1. The molecular formula is C16H21NO3. The predicted molar refractivity (Wildman–Crippen MR) is 78.4 cm³/mol. The van der Waals surface area contributed by atoms with Crippen molar-refractivity contribution in [2.75, 3.05) is 18.1 Å². The summed E-state index contributed by atoms with van der Waals surface area (Å²) < 4.78 is 5.14. The van der Waals surface area contributed by atoms with E-state index in [1.54, 1.807) is 18.7 Å². The van der Waals surface area contributed by atoms with E-state index in [1.807, 2.05) is 18.2 Å². The first-order chi connectivity index (χ1) is 9.63. The van der Waals surface area contributed by atoms with Crippen LogP contribution >= 0.6 is 0 Å². The second-order valence-electron chi connectivity index (χ2n) is 5.06. The van der Waals surface area contributed by atoms with E-state index in [2.05, 4.69) is 0 Å². The van der Waals surface area contributed by atoms with Crippen molar-refractivity contribution >= 4 is 17.6 Å². The number of carbonyl (C=O) groups excluding carboxylic acids is 2. The lowest BCUT2D eigenvalue weighted by molar-refractivity contribution is 0.101. The van der Waals surface area contributed by atoms with Crippen LogP contribution in [0.3, 0.4) is 0 Å². The van der Waals surface area contributed by atoms with Crippen molar-refractivity contribution in [3.8, 4) is 0 Å². The van der Waals surface area contributed by atoms with Crippen LogP contribution < -0.4 is 4.90 Å². The molecule has 1 aliphatic rings. The molecule has 4 nitrogen and oxygen atoms in total. The summed E-state index contributed by atoms with van der Waals surface area (Å²) in [6.07, 6.45) is 3.79. The van der Waals surface area contributed by atoms with Crippen molar-refractivity contribution in [3.63, 3.8) is 0 Å². The Morgan fingerprint density at radius 3 is 2.75 bits per heavy atom. The average molecular weight is 275 g/mol. The minimum Gasteiger partial charge on any atom is -0.449 e. The number of hydrogen-bond acceptors (Lipinski definition) is 3. The molecule has 0 aliphatic carbocycles. The number of rotatable bonds is 2. The Hall–Kier alpha value is -1.84. The van der Waals surface area contributed by atoms with Gasteiger partial charge < -0.3 is 4.74 Å². The van der Waals surface area contributed by atoms with Gasteiger partial charge in [-0.2, -0.15) is 0 Å². The maximum Gasteiger partial charge on any atom is 0.414 e. The first-order valence-electron chi connectivity index (χ1n) is 7.21.